The molecule has 1 atom stereocenters. The lowest BCUT2D eigenvalue weighted by atomic mass is 10.1. The van der Waals surface area contributed by atoms with Crippen molar-refractivity contribution in [2.45, 2.75) is 32.2 Å². The van der Waals surface area contributed by atoms with E-state index in [1.165, 1.54) is 12.3 Å². The quantitative estimate of drug-likeness (QED) is 0.571. The second-order valence-corrected chi connectivity index (χ2v) is 7.34. The fraction of sp³-hybridized carbons (Fsp3) is 0.227. The van der Waals surface area contributed by atoms with Gasteiger partial charge in [-0.15, -0.1) is 0 Å². The van der Waals surface area contributed by atoms with Crippen molar-refractivity contribution in [1.29, 1.82) is 10.5 Å². The van der Waals surface area contributed by atoms with Crippen LogP contribution in [0.15, 0.2) is 42.6 Å². The molecule has 31 heavy (non-hydrogen) atoms. The minimum atomic E-state index is -4.87. The fourth-order valence-corrected chi connectivity index (χ4v) is 3.45. The summed E-state index contributed by atoms with van der Waals surface area (Å²) in [7, 11) is 0. The summed E-state index contributed by atoms with van der Waals surface area (Å²) >= 11 is 5.78. The highest BCUT2D eigenvalue weighted by atomic mass is 35.5. The normalized spacial score (nSPS) is 12.3. The first-order chi connectivity index (χ1) is 14.6. The van der Waals surface area contributed by atoms with E-state index in [9.17, 15) is 23.5 Å². The molecule has 5 nitrogen and oxygen atoms in total. The maximum Gasteiger partial charge on any atom is 0.418 e. The minimum absolute atomic E-state index is 0.140. The average molecular weight is 445 g/mol. The van der Waals surface area contributed by atoms with E-state index >= 15 is 0 Å². The molecule has 158 valence electrons. The zero-order valence-corrected chi connectivity index (χ0v) is 17.0. The zero-order chi connectivity index (χ0) is 22.8. The van der Waals surface area contributed by atoms with Crippen LogP contribution in [-0.4, -0.2) is 20.8 Å². The summed E-state index contributed by atoms with van der Waals surface area (Å²) < 4.78 is 40.7. The van der Waals surface area contributed by atoms with E-state index in [-0.39, 0.29) is 6.54 Å². The molecule has 0 saturated carbocycles. The lowest BCUT2D eigenvalue weighted by Gasteiger charge is -2.17. The van der Waals surface area contributed by atoms with Crippen LogP contribution in [0.2, 0.25) is 5.15 Å². The van der Waals surface area contributed by atoms with Crippen LogP contribution in [0.4, 0.5) is 13.2 Å². The fourth-order valence-electron chi connectivity index (χ4n) is 3.24. The van der Waals surface area contributed by atoms with Crippen molar-refractivity contribution in [3.63, 3.8) is 0 Å². The zero-order valence-electron chi connectivity index (χ0n) is 16.3. The number of nitriles is 2. The molecule has 2 heterocycles. The summed E-state index contributed by atoms with van der Waals surface area (Å²) in [5.41, 5.74) is 3.17. The number of halogens is 4. The standard InChI is InChI=1S/C22H16ClF3N4O/c1-13-17(10-28)8-18(6-14-2-4-15(9-27)5-3-14)30(13)12-16-7-19(21(23)29-11-16)20(31)22(24,25)26/h2-5,7-8,11,20,31H,6,12H2,1H3. The molecule has 0 radical (unpaired) electrons. The van der Waals surface area contributed by atoms with Crippen LogP contribution in [-0.2, 0) is 13.0 Å². The Morgan fingerprint density at radius 1 is 1.13 bits per heavy atom. The van der Waals surface area contributed by atoms with Gasteiger partial charge in [-0.25, -0.2) is 4.98 Å². The van der Waals surface area contributed by atoms with Crippen molar-refractivity contribution >= 4 is 11.6 Å². The van der Waals surface area contributed by atoms with Crippen LogP contribution in [0.3, 0.4) is 0 Å². The first-order valence-electron chi connectivity index (χ1n) is 9.11. The second kappa shape index (κ2) is 8.81. The van der Waals surface area contributed by atoms with Crippen LogP contribution in [0, 0.1) is 29.6 Å². The predicted molar refractivity (Wildman–Crippen MR) is 107 cm³/mol. The molecular formula is C22H16ClF3N4O. The summed E-state index contributed by atoms with van der Waals surface area (Å²) in [5.74, 6) is 0. The summed E-state index contributed by atoms with van der Waals surface area (Å²) in [6, 6.07) is 14.0. The minimum Gasteiger partial charge on any atom is -0.379 e. The first kappa shape index (κ1) is 22.4. The molecule has 0 amide bonds. The van der Waals surface area contributed by atoms with Gasteiger partial charge in [0, 0.05) is 36.1 Å². The van der Waals surface area contributed by atoms with E-state index < -0.39 is 23.0 Å². The highest BCUT2D eigenvalue weighted by molar-refractivity contribution is 6.30. The first-order valence-corrected chi connectivity index (χ1v) is 9.49. The Bertz CT molecular complexity index is 1190. The van der Waals surface area contributed by atoms with Gasteiger partial charge in [-0.2, -0.15) is 23.7 Å². The lowest BCUT2D eigenvalue weighted by molar-refractivity contribution is -0.206. The van der Waals surface area contributed by atoms with Crippen molar-refractivity contribution in [1.82, 2.24) is 9.55 Å². The van der Waals surface area contributed by atoms with Gasteiger partial charge < -0.3 is 9.67 Å². The molecule has 9 heteroatoms. The highest BCUT2D eigenvalue weighted by Gasteiger charge is 2.41. The highest BCUT2D eigenvalue weighted by Crippen LogP contribution is 2.35. The third-order valence-corrected chi connectivity index (χ3v) is 5.22. The van der Waals surface area contributed by atoms with Crippen LogP contribution in [0.25, 0.3) is 0 Å². The molecule has 0 spiro atoms. The van der Waals surface area contributed by atoms with Crippen molar-refractivity contribution in [3.05, 3.63) is 87.0 Å². The largest absolute Gasteiger partial charge is 0.418 e. The van der Waals surface area contributed by atoms with Crippen molar-refractivity contribution < 1.29 is 18.3 Å². The monoisotopic (exact) mass is 444 g/mol. The van der Waals surface area contributed by atoms with E-state index in [1.807, 2.05) is 10.6 Å². The maximum absolute atomic E-state index is 12.9. The van der Waals surface area contributed by atoms with E-state index in [0.29, 0.717) is 28.8 Å². The molecule has 0 saturated heterocycles. The van der Waals surface area contributed by atoms with Gasteiger partial charge in [-0.05, 0) is 42.3 Å². The Labute approximate surface area is 181 Å². The molecule has 2 aromatic heterocycles. The van der Waals surface area contributed by atoms with Gasteiger partial charge in [0.2, 0.25) is 0 Å². The number of benzene rings is 1. The molecule has 0 aliphatic carbocycles. The molecule has 0 fully saturated rings. The number of aliphatic hydroxyl groups is 1. The third-order valence-electron chi connectivity index (χ3n) is 4.91. The van der Waals surface area contributed by atoms with Gasteiger partial charge in [-0.1, -0.05) is 23.7 Å². The maximum atomic E-state index is 12.9. The number of alkyl halides is 3. The lowest BCUT2D eigenvalue weighted by Crippen LogP contribution is -2.21. The van der Waals surface area contributed by atoms with Crippen molar-refractivity contribution in [3.8, 4) is 12.1 Å². The smallest absolute Gasteiger partial charge is 0.379 e. The molecule has 0 aliphatic rings. The van der Waals surface area contributed by atoms with E-state index in [2.05, 4.69) is 11.1 Å². The summed E-state index contributed by atoms with van der Waals surface area (Å²) in [6.45, 7) is 1.89. The molecule has 3 aromatic rings. The van der Waals surface area contributed by atoms with Crippen molar-refractivity contribution in [2.24, 2.45) is 0 Å². The number of aromatic nitrogens is 2. The number of pyridine rings is 1. The summed E-state index contributed by atoms with van der Waals surface area (Å²) in [5, 5.41) is 27.5. The Balaban J connectivity index is 1.97. The molecule has 0 aliphatic heterocycles. The third kappa shape index (κ3) is 4.88. The topological polar surface area (TPSA) is 85.6 Å². The average Bonchev–Trinajstić information content (AvgIpc) is 3.03. The number of hydrogen-bond donors (Lipinski definition) is 1. The number of aliphatic hydroxyl groups excluding tert-OH is 1. The SMILES string of the molecule is Cc1c(C#N)cc(Cc2ccc(C#N)cc2)n1Cc1cnc(Cl)c(C(O)C(F)(F)F)c1. The van der Waals surface area contributed by atoms with Gasteiger partial charge in [-0.3, -0.25) is 0 Å². The van der Waals surface area contributed by atoms with Gasteiger partial charge >= 0.3 is 6.18 Å². The van der Waals surface area contributed by atoms with Crippen LogP contribution < -0.4 is 0 Å². The predicted octanol–water partition coefficient (Wildman–Crippen LogP) is 4.82. The van der Waals surface area contributed by atoms with Crippen LogP contribution in [0.5, 0.6) is 0 Å². The molecule has 0 bridgehead atoms. The molecule has 3 rings (SSSR count). The van der Waals surface area contributed by atoms with Crippen molar-refractivity contribution in [2.75, 3.05) is 0 Å². The van der Waals surface area contributed by atoms with E-state index in [1.54, 1.807) is 37.3 Å². The summed E-state index contributed by atoms with van der Waals surface area (Å²) in [6.07, 6.45) is -5.83. The van der Waals surface area contributed by atoms with E-state index in [0.717, 1.165) is 11.3 Å². The van der Waals surface area contributed by atoms with Gasteiger partial charge in [0.25, 0.3) is 0 Å². The van der Waals surface area contributed by atoms with Crippen LogP contribution >= 0.6 is 11.6 Å². The number of nitrogens with zero attached hydrogens (tertiary/aromatic N) is 4. The Morgan fingerprint density at radius 2 is 1.81 bits per heavy atom. The van der Waals surface area contributed by atoms with Crippen LogP contribution in [0.1, 0.15) is 45.3 Å². The molecule has 1 aromatic carbocycles. The Morgan fingerprint density at radius 3 is 2.39 bits per heavy atom. The van der Waals surface area contributed by atoms with Gasteiger partial charge in [0.05, 0.1) is 17.2 Å². The number of rotatable bonds is 5. The summed E-state index contributed by atoms with van der Waals surface area (Å²) in [4.78, 5) is 3.80. The van der Waals surface area contributed by atoms with Gasteiger partial charge in [0.1, 0.15) is 11.2 Å². The number of hydrogen-bond acceptors (Lipinski definition) is 4. The Hall–Kier alpha value is -3.33. The van der Waals surface area contributed by atoms with Gasteiger partial charge in [0.15, 0.2) is 6.10 Å². The molecule has 1 unspecified atom stereocenters. The Kier molecular flexibility index (Phi) is 6.35. The second-order valence-electron chi connectivity index (χ2n) is 6.99. The molecular weight excluding hydrogens is 429 g/mol. The van der Waals surface area contributed by atoms with E-state index in [4.69, 9.17) is 16.9 Å². The molecule has 1 N–H and O–H groups in total.